The SMILES string of the molecule is O=C(CNC(=O)c1cccc2ccccc12)N/N=C\c1cccc(OCc2ccccc2)c1. The van der Waals surface area contributed by atoms with Crippen LogP contribution < -0.4 is 15.5 Å². The second-order valence-electron chi connectivity index (χ2n) is 7.35. The van der Waals surface area contributed by atoms with E-state index in [1.54, 1.807) is 6.07 Å². The van der Waals surface area contributed by atoms with E-state index in [1.807, 2.05) is 91.0 Å². The van der Waals surface area contributed by atoms with Crippen LogP contribution in [0.1, 0.15) is 21.5 Å². The minimum absolute atomic E-state index is 0.181. The molecule has 33 heavy (non-hydrogen) atoms. The molecular weight excluding hydrogens is 414 g/mol. The molecule has 0 aliphatic heterocycles. The van der Waals surface area contributed by atoms with Crippen LogP contribution in [0.4, 0.5) is 0 Å². The molecule has 4 aromatic carbocycles. The number of amides is 2. The van der Waals surface area contributed by atoms with Gasteiger partial charge in [-0.2, -0.15) is 5.10 Å². The van der Waals surface area contributed by atoms with Crippen molar-refractivity contribution in [1.82, 2.24) is 10.7 Å². The molecule has 0 saturated heterocycles. The van der Waals surface area contributed by atoms with E-state index in [4.69, 9.17) is 4.74 Å². The molecule has 0 unspecified atom stereocenters. The van der Waals surface area contributed by atoms with Crippen LogP contribution in [0.15, 0.2) is 102 Å². The van der Waals surface area contributed by atoms with Gasteiger partial charge < -0.3 is 10.1 Å². The Morgan fingerprint density at radius 1 is 0.848 bits per heavy atom. The summed E-state index contributed by atoms with van der Waals surface area (Å²) in [6, 6.07) is 30.4. The van der Waals surface area contributed by atoms with Crippen LogP contribution in [0.2, 0.25) is 0 Å². The molecule has 4 aromatic rings. The molecule has 0 fully saturated rings. The highest BCUT2D eigenvalue weighted by molar-refractivity contribution is 6.07. The molecule has 0 radical (unpaired) electrons. The number of hydrogen-bond donors (Lipinski definition) is 2. The quantitative estimate of drug-likeness (QED) is 0.319. The second-order valence-corrected chi connectivity index (χ2v) is 7.35. The van der Waals surface area contributed by atoms with E-state index in [2.05, 4.69) is 15.8 Å². The molecule has 0 aromatic heterocycles. The van der Waals surface area contributed by atoms with Gasteiger partial charge in [0.05, 0.1) is 12.8 Å². The van der Waals surface area contributed by atoms with Crippen LogP contribution in [0.25, 0.3) is 10.8 Å². The zero-order valence-electron chi connectivity index (χ0n) is 17.9. The average Bonchev–Trinajstić information content (AvgIpc) is 2.86. The molecule has 2 N–H and O–H groups in total. The van der Waals surface area contributed by atoms with Gasteiger partial charge in [-0.15, -0.1) is 0 Å². The summed E-state index contributed by atoms with van der Waals surface area (Å²) in [5, 5.41) is 8.41. The Labute approximate surface area is 191 Å². The molecule has 6 heteroatoms. The van der Waals surface area contributed by atoms with Crippen molar-refractivity contribution in [2.24, 2.45) is 5.10 Å². The van der Waals surface area contributed by atoms with Crippen molar-refractivity contribution in [1.29, 1.82) is 0 Å². The molecule has 0 aliphatic rings. The summed E-state index contributed by atoms with van der Waals surface area (Å²) >= 11 is 0. The summed E-state index contributed by atoms with van der Waals surface area (Å²) in [6.07, 6.45) is 1.53. The molecule has 6 nitrogen and oxygen atoms in total. The molecule has 0 bridgehead atoms. The van der Waals surface area contributed by atoms with E-state index in [9.17, 15) is 9.59 Å². The predicted octanol–water partition coefficient (Wildman–Crippen LogP) is 4.30. The highest BCUT2D eigenvalue weighted by atomic mass is 16.5. The van der Waals surface area contributed by atoms with Gasteiger partial charge in [-0.25, -0.2) is 5.43 Å². The number of rotatable bonds is 8. The van der Waals surface area contributed by atoms with Crippen LogP contribution in [0, 0.1) is 0 Å². The van der Waals surface area contributed by atoms with E-state index < -0.39 is 5.91 Å². The lowest BCUT2D eigenvalue weighted by molar-refractivity contribution is -0.120. The summed E-state index contributed by atoms with van der Waals surface area (Å²) < 4.78 is 5.80. The lowest BCUT2D eigenvalue weighted by atomic mass is 10.0. The van der Waals surface area contributed by atoms with E-state index in [-0.39, 0.29) is 12.5 Å². The number of benzene rings is 4. The van der Waals surface area contributed by atoms with Crippen LogP contribution in [-0.4, -0.2) is 24.6 Å². The standard InChI is InChI=1S/C27H23N3O3/c31-26(18-28-27(32)25-15-7-12-22-11-4-5-14-24(22)25)30-29-17-21-10-6-13-23(16-21)33-19-20-8-2-1-3-9-20/h1-17H,18-19H2,(H,28,32)(H,30,31)/b29-17-. The maximum Gasteiger partial charge on any atom is 0.259 e. The van der Waals surface area contributed by atoms with Crippen molar-refractivity contribution in [3.8, 4) is 5.75 Å². The van der Waals surface area contributed by atoms with Gasteiger partial charge in [-0.3, -0.25) is 9.59 Å². The molecule has 0 saturated carbocycles. The lowest BCUT2D eigenvalue weighted by Gasteiger charge is -2.08. The Bertz CT molecular complexity index is 1280. The fourth-order valence-electron chi connectivity index (χ4n) is 3.32. The number of hydrazone groups is 1. The predicted molar refractivity (Wildman–Crippen MR) is 129 cm³/mol. The van der Waals surface area contributed by atoms with Crippen molar-refractivity contribution < 1.29 is 14.3 Å². The number of nitrogens with one attached hydrogen (secondary N) is 2. The Morgan fingerprint density at radius 2 is 1.61 bits per heavy atom. The van der Waals surface area contributed by atoms with E-state index in [1.165, 1.54) is 6.21 Å². The summed E-state index contributed by atoms with van der Waals surface area (Å²) in [7, 11) is 0. The van der Waals surface area contributed by atoms with Crippen molar-refractivity contribution in [2.45, 2.75) is 6.61 Å². The third-order valence-electron chi connectivity index (χ3n) is 4.95. The van der Waals surface area contributed by atoms with E-state index in [0.29, 0.717) is 17.9 Å². The number of hydrogen-bond acceptors (Lipinski definition) is 4. The van der Waals surface area contributed by atoms with Gasteiger partial charge in [-0.1, -0.05) is 78.9 Å². The summed E-state index contributed by atoms with van der Waals surface area (Å²) in [5.41, 5.74) is 4.81. The first kappa shape index (κ1) is 21.8. The van der Waals surface area contributed by atoms with Gasteiger partial charge in [0.1, 0.15) is 12.4 Å². The minimum atomic E-state index is -0.420. The normalized spacial score (nSPS) is 10.8. The first-order valence-electron chi connectivity index (χ1n) is 10.5. The van der Waals surface area contributed by atoms with Gasteiger partial charge in [-0.05, 0) is 40.1 Å². The molecule has 2 amide bonds. The lowest BCUT2D eigenvalue weighted by Crippen LogP contribution is -2.35. The van der Waals surface area contributed by atoms with Crippen molar-refractivity contribution >= 4 is 28.8 Å². The molecule has 0 atom stereocenters. The number of nitrogens with zero attached hydrogens (tertiary/aromatic N) is 1. The zero-order valence-corrected chi connectivity index (χ0v) is 17.9. The van der Waals surface area contributed by atoms with Gasteiger partial charge in [0.25, 0.3) is 11.8 Å². The van der Waals surface area contributed by atoms with E-state index in [0.717, 1.165) is 21.9 Å². The maximum atomic E-state index is 12.5. The Hall–Kier alpha value is -4.45. The van der Waals surface area contributed by atoms with Crippen LogP contribution in [0.5, 0.6) is 5.75 Å². The monoisotopic (exact) mass is 437 g/mol. The third kappa shape index (κ3) is 6.04. The zero-order chi connectivity index (χ0) is 22.9. The molecule has 0 aliphatic carbocycles. The molecule has 0 heterocycles. The highest BCUT2D eigenvalue weighted by Gasteiger charge is 2.10. The van der Waals surface area contributed by atoms with Crippen LogP contribution in [0.3, 0.4) is 0 Å². The van der Waals surface area contributed by atoms with Gasteiger partial charge in [0.2, 0.25) is 0 Å². The van der Waals surface area contributed by atoms with Gasteiger partial charge >= 0.3 is 0 Å². The maximum absolute atomic E-state index is 12.5. The van der Waals surface area contributed by atoms with E-state index >= 15 is 0 Å². The summed E-state index contributed by atoms with van der Waals surface area (Å²) in [5.74, 6) is -0.0259. The topological polar surface area (TPSA) is 79.8 Å². The smallest absolute Gasteiger partial charge is 0.259 e. The summed E-state index contributed by atoms with van der Waals surface area (Å²) in [4.78, 5) is 24.6. The Balaban J connectivity index is 1.27. The van der Waals surface area contributed by atoms with Crippen LogP contribution in [-0.2, 0) is 11.4 Å². The average molecular weight is 437 g/mol. The van der Waals surface area contributed by atoms with Gasteiger partial charge in [0, 0.05) is 5.56 Å². The third-order valence-corrected chi connectivity index (χ3v) is 4.95. The first-order valence-corrected chi connectivity index (χ1v) is 10.5. The highest BCUT2D eigenvalue weighted by Crippen LogP contribution is 2.18. The molecule has 164 valence electrons. The molecule has 0 spiro atoms. The summed E-state index contributed by atoms with van der Waals surface area (Å²) in [6.45, 7) is 0.286. The molecule has 4 rings (SSSR count). The van der Waals surface area contributed by atoms with Crippen LogP contribution >= 0.6 is 0 Å². The number of ether oxygens (including phenoxy) is 1. The first-order chi connectivity index (χ1) is 16.2. The number of fused-ring (bicyclic) bond motifs is 1. The van der Waals surface area contributed by atoms with Crippen molar-refractivity contribution in [3.63, 3.8) is 0 Å². The number of carbonyl (C=O) groups excluding carboxylic acids is 2. The van der Waals surface area contributed by atoms with Crippen molar-refractivity contribution in [2.75, 3.05) is 6.54 Å². The van der Waals surface area contributed by atoms with Crippen molar-refractivity contribution in [3.05, 3.63) is 114 Å². The van der Waals surface area contributed by atoms with Gasteiger partial charge in [0.15, 0.2) is 0 Å². The fraction of sp³-hybridized carbons (Fsp3) is 0.0741. The largest absolute Gasteiger partial charge is 0.489 e. The number of carbonyl (C=O) groups is 2. The molecular formula is C27H23N3O3. The fourth-order valence-corrected chi connectivity index (χ4v) is 3.32. The Kier molecular flexibility index (Phi) is 7.08. The minimum Gasteiger partial charge on any atom is -0.489 e. The Morgan fingerprint density at radius 3 is 2.48 bits per heavy atom. The second kappa shape index (κ2) is 10.7.